The van der Waals surface area contributed by atoms with Crippen LogP contribution < -0.4 is 5.32 Å². The number of carbonyl (C=O) groups is 2. The molecule has 112 valence electrons. The van der Waals surface area contributed by atoms with Crippen LogP contribution in [0.25, 0.3) is 6.08 Å². The predicted molar refractivity (Wildman–Crippen MR) is 79.6 cm³/mol. The normalized spacial score (nSPS) is 10.5. The number of benzene rings is 1. The van der Waals surface area contributed by atoms with Gasteiger partial charge in [-0.3, -0.25) is 4.79 Å². The number of ether oxygens (including phenoxy) is 1. The topological polar surface area (TPSA) is 68.3 Å². The number of carbonyl (C=O) groups excluding carboxylic acids is 2. The van der Waals surface area contributed by atoms with Crippen molar-refractivity contribution in [3.63, 3.8) is 0 Å². The van der Waals surface area contributed by atoms with E-state index in [0.29, 0.717) is 16.9 Å². The van der Waals surface area contributed by atoms with Crippen LogP contribution in [0.3, 0.4) is 0 Å². The zero-order valence-corrected chi connectivity index (χ0v) is 11.7. The molecule has 2 rings (SSSR count). The Morgan fingerprint density at radius 2 is 1.91 bits per heavy atom. The summed E-state index contributed by atoms with van der Waals surface area (Å²) in [6.07, 6.45) is 4.17. The molecular weight excluding hydrogens is 287 g/mol. The van der Waals surface area contributed by atoms with Crippen LogP contribution in [0.1, 0.15) is 15.9 Å². The van der Waals surface area contributed by atoms with Crippen LogP contribution in [0, 0.1) is 5.82 Å². The van der Waals surface area contributed by atoms with Gasteiger partial charge in [-0.1, -0.05) is 12.1 Å². The molecule has 2 aromatic rings. The molecule has 1 N–H and O–H groups in total. The van der Waals surface area contributed by atoms with Gasteiger partial charge in [0.25, 0.3) is 0 Å². The number of hydrogen-bond donors (Lipinski definition) is 1. The number of nitrogens with zero attached hydrogens (tertiary/aromatic N) is 1. The zero-order chi connectivity index (χ0) is 15.9. The van der Waals surface area contributed by atoms with Crippen molar-refractivity contribution in [3.8, 4) is 0 Å². The first-order valence-corrected chi connectivity index (χ1v) is 6.37. The van der Waals surface area contributed by atoms with Crippen molar-refractivity contribution in [2.24, 2.45) is 0 Å². The Kier molecular flexibility index (Phi) is 4.98. The van der Waals surface area contributed by atoms with Crippen LogP contribution in [0.4, 0.5) is 10.2 Å². The monoisotopic (exact) mass is 300 g/mol. The number of pyridine rings is 1. The van der Waals surface area contributed by atoms with E-state index in [-0.39, 0.29) is 11.7 Å². The Bertz CT molecular complexity index is 694. The van der Waals surface area contributed by atoms with Crippen LogP contribution in [0.5, 0.6) is 0 Å². The average molecular weight is 300 g/mol. The molecule has 1 aromatic carbocycles. The van der Waals surface area contributed by atoms with Crippen molar-refractivity contribution < 1.29 is 18.7 Å². The minimum absolute atomic E-state index is 0.294. The van der Waals surface area contributed by atoms with Gasteiger partial charge in [-0.05, 0) is 35.9 Å². The third kappa shape index (κ3) is 4.24. The molecule has 1 heterocycles. The van der Waals surface area contributed by atoms with Gasteiger partial charge >= 0.3 is 5.97 Å². The summed E-state index contributed by atoms with van der Waals surface area (Å²) in [7, 11) is 1.28. The number of rotatable bonds is 4. The molecule has 0 spiro atoms. The molecule has 5 nitrogen and oxygen atoms in total. The van der Waals surface area contributed by atoms with Gasteiger partial charge in [-0.25, -0.2) is 14.2 Å². The summed E-state index contributed by atoms with van der Waals surface area (Å²) in [5, 5.41) is 2.54. The smallest absolute Gasteiger partial charge is 0.339 e. The van der Waals surface area contributed by atoms with E-state index in [1.807, 2.05) is 0 Å². The van der Waals surface area contributed by atoms with Crippen molar-refractivity contribution in [2.45, 2.75) is 0 Å². The van der Waals surface area contributed by atoms with Crippen molar-refractivity contribution in [3.05, 3.63) is 65.6 Å². The molecule has 6 heteroatoms. The minimum atomic E-state index is -0.499. The summed E-state index contributed by atoms with van der Waals surface area (Å²) in [5.74, 6) is -0.915. The molecule has 0 saturated heterocycles. The van der Waals surface area contributed by atoms with Crippen molar-refractivity contribution >= 4 is 23.8 Å². The Balaban J connectivity index is 1.97. The standard InChI is InChI=1S/C16H13FN2O3/c1-22-16(21)12-5-8-14(18-10-12)19-15(20)9-4-11-2-6-13(17)7-3-11/h2-10H,1H3,(H,18,19,20)/b9-4+. The van der Waals surface area contributed by atoms with Crippen LogP contribution in [-0.2, 0) is 9.53 Å². The van der Waals surface area contributed by atoms with Gasteiger partial charge in [0.15, 0.2) is 0 Å². The molecule has 1 amide bonds. The number of anilines is 1. The highest BCUT2D eigenvalue weighted by atomic mass is 19.1. The van der Waals surface area contributed by atoms with Crippen molar-refractivity contribution in [1.29, 1.82) is 0 Å². The maximum absolute atomic E-state index is 12.7. The summed E-state index contributed by atoms with van der Waals surface area (Å²) < 4.78 is 17.3. The maximum Gasteiger partial charge on any atom is 0.339 e. The van der Waals surface area contributed by atoms with Gasteiger partial charge in [-0.2, -0.15) is 0 Å². The van der Waals surface area contributed by atoms with Crippen LogP contribution in [-0.4, -0.2) is 24.0 Å². The first-order chi connectivity index (χ1) is 10.6. The third-order valence-corrected chi connectivity index (χ3v) is 2.73. The van der Waals surface area contributed by atoms with Gasteiger partial charge in [0.05, 0.1) is 12.7 Å². The first kappa shape index (κ1) is 15.4. The summed E-state index contributed by atoms with van der Waals surface area (Å²) in [6.45, 7) is 0. The molecule has 0 aliphatic rings. The molecule has 0 atom stereocenters. The summed E-state index contributed by atoms with van der Waals surface area (Å²) in [4.78, 5) is 26.9. The molecule has 1 aromatic heterocycles. The van der Waals surface area contributed by atoms with Crippen molar-refractivity contribution in [2.75, 3.05) is 12.4 Å². The molecule has 0 bridgehead atoms. The number of halogens is 1. The lowest BCUT2D eigenvalue weighted by Crippen LogP contribution is -2.10. The fraction of sp³-hybridized carbons (Fsp3) is 0.0625. The van der Waals surface area contributed by atoms with Gasteiger partial charge in [0, 0.05) is 12.3 Å². The van der Waals surface area contributed by atoms with E-state index in [0.717, 1.165) is 0 Å². The van der Waals surface area contributed by atoms with E-state index in [1.165, 1.54) is 43.6 Å². The van der Waals surface area contributed by atoms with Crippen LogP contribution >= 0.6 is 0 Å². The molecule has 0 aliphatic carbocycles. The van der Waals surface area contributed by atoms with E-state index < -0.39 is 5.97 Å². The fourth-order valence-corrected chi connectivity index (χ4v) is 1.62. The SMILES string of the molecule is COC(=O)c1ccc(NC(=O)/C=C/c2ccc(F)cc2)nc1. The number of esters is 1. The molecule has 22 heavy (non-hydrogen) atoms. The Morgan fingerprint density at radius 3 is 2.50 bits per heavy atom. The number of nitrogens with one attached hydrogen (secondary N) is 1. The number of methoxy groups -OCH3 is 1. The van der Waals surface area contributed by atoms with Crippen LogP contribution in [0.2, 0.25) is 0 Å². The quantitative estimate of drug-likeness (QED) is 0.696. The number of hydrogen-bond acceptors (Lipinski definition) is 4. The van der Waals surface area contributed by atoms with Crippen LogP contribution in [0.15, 0.2) is 48.7 Å². The van der Waals surface area contributed by atoms with E-state index in [2.05, 4.69) is 15.0 Å². The number of amides is 1. The fourth-order valence-electron chi connectivity index (χ4n) is 1.62. The van der Waals surface area contributed by atoms with Gasteiger partial charge in [0.2, 0.25) is 5.91 Å². The lowest BCUT2D eigenvalue weighted by atomic mass is 10.2. The van der Waals surface area contributed by atoms with Gasteiger partial charge in [-0.15, -0.1) is 0 Å². The zero-order valence-electron chi connectivity index (χ0n) is 11.7. The Labute approximate surface area is 126 Å². The highest BCUT2D eigenvalue weighted by Crippen LogP contribution is 2.07. The second-order valence-electron chi connectivity index (χ2n) is 4.30. The first-order valence-electron chi connectivity index (χ1n) is 6.37. The lowest BCUT2D eigenvalue weighted by Gasteiger charge is -2.02. The molecule has 0 saturated carbocycles. The highest BCUT2D eigenvalue weighted by molar-refractivity contribution is 6.01. The Hall–Kier alpha value is -3.02. The Morgan fingerprint density at radius 1 is 1.18 bits per heavy atom. The molecule has 0 unspecified atom stereocenters. The minimum Gasteiger partial charge on any atom is -0.465 e. The molecule has 0 aliphatic heterocycles. The second kappa shape index (κ2) is 7.12. The molecule has 0 fully saturated rings. The maximum atomic E-state index is 12.7. The summed E-state index contributed by atoms with van der Waals surface area (Å²) in [6, 6.07) is 8.73. The van der Waals surface area contributed by atoms with Gasteiger partial charge in [0.1, 0.15) is 11.6 Å². The number of aromatic nitrogens is 1. The van der Waals surface area contributed by atoms with E-state index in [9.17, 15) is 14.0 Å². The molecular formula is C16H13FN2O3. The lowest BCUT2D eigenvalue weighted by molar-refractivity contribution is -0.111. The van der Waals surface area contributed by atoms with E-state index in [4.69, 9.17) is 0 Å². The summed E-state index contributed by atoms with van der Waals surface area (Å²) in [5.41, 5.74) is 0.993. The predicted octanol–water partition coefficient (Wildman–Crippen LogP) is 2.66. The third-order valence-electron chi connectivity index (χ3n) is 2.73. The second-order valence-corrected chi connectivity index (χ2v) is 4.30. The van der Waals surface area contributed by atoms with E-state index >= 15 is 0 Å². The molecule has 0 radical (unpaired) electrons. The average Bonchev–Trinajstić information content (AvgIpc) is 2.54. The van der Waals surface area contributed by atoms with E-state index in [1.54, 1.807) is 18.2 Å². The largest absolute Gasteiger partial charge is 0.465 e. The summed E-state index contributed by atoms with van der Waals surface area (Å²) >= 11 is 0. The van der Waals surface area contributed by atoms with Crippen molar-refractivity contribution in [1.82, 2.24) is 4.98 Å². The van der Waals surface area contributed by atoms with Gasteiger partial charge < -0.3 is 10.1 Å². The highest BCUT2D eigenvalue weighted by Gasteiger charge is 2.06.